The molecule has 0 aliphatic carbocycles. The summed E-state index contributed by atoms with van der Waals surface area (Å²) in [6.45, 7) is 3.72. The number of para-hydroxylation sites is 1. The predicted molar refractivity (Wildman–Crippen MR) is 72.0 cm³/mol. The molecule has 0 bridgehead atoms. The minimum absolute atomic E-state index is 0.0525. The lowest BCUT2D eigenvalue weighted by Gasteiger charge is -2.21. The summed E-state index contributed by atoms with van der Waals surface area (Å²) in [6, 6.07) is 4.75. The van der Waals surface area contributed by atoms with Gasteiger partial charge in [-0.05, 0) is 19.1 Å². The minimum atomic E-state index is -3.80. The maximum atomic E-state index is 11.3. The van der Waals surface area contributed by atoms with Crippen LogP contribution >= 0.6 is 0 Å². The summed E-state index contributed by atoms with van der Waals surface area (Å²) < 4.78 is 27.9. The second-order valence-electron chi connectivity index (χ2n) is 3.85. The summed E-state index contributed by atoms with van der Waals surface area (Å²) in [5.74, 6) is 0. The van der Waals surface area contributed by atoms with Crippen LogP contribution in [0.3, 0.4) is 0 Å². The van der Waals surface area contributed by atoms with Crippen LogP contribution in [0.5, 0.6) is 0 Å². The number of ether oxygens (including phenoxy) is 1. The number of nitrogen functional groups attached to an aromatic ring is 1. The summed E-state index contributed by atoms with van der Waals surface area (Å²) >= 11 is 0. The van der Waals surface area contributed by atoms with E-state index in [0.717, 1.165) is 0 Å². The molecular formula is C11H19N3O3S. The largest absolute Gasteiger partial charge is 0.396 e. The van der Waals surface area contributed by atoms with Crippen molar-refractivity contribution in [1.82, 2.24) is 0 Å². The molecule has 0 spiro atoms. The van der Waals surface area contributed by atoms with Crippen LogP contribution in [-0.4, -0.2) is 35.2 Å². The van der Waals surface area contributed by atoms with Crippen molar-refractivity contribution in [3.05, 3.63) is 18.2 Å². The van der Waals surface area contributed by atoms with Gasteiger partial charge in [0.05, 0.1) is 18.0 Å². The zero-order chi connectivity index (χ0) is 13.8. The van der Waals surface area contributed by atoms with E-state index in [1.165, 1.54) is 6.07 Å². The first-order valence-electron chi connectivity index (χ1n) is 5.58. The van der Waals surface area contributed by atoms with Crippen molar-refractivity contribution in [2.45, 2.75) is 11.8 Å². The predicted octanol–water partition coefficient (Wildman–Crippen LogP) is 0.389. The standard InChI is InChI=1S/C11H19N3O3S/c1-3-17-8-7-14(2)9-5-4-6-10(11(9)12)18(13,15)16/h4-6H,3,7-8,12H2,1-2H3,(H2,13,15,16). The van der Waals surface area contributed by atoms with Gasteiger partial charge in [-0.25, -0.2) is 13.6 Å². The number of hydrogen-bond acceptors (Lipinski definition) is 5. The average molecular weight is 273 g/mol. The van der Waals surface area contributed by atoms with Gasteiger partial charge in [-0.15, -0.1) is 0 Å². The summed E-state index contributed by atoms with van der Waals surface area (Å²) in [6.07, 6.45) is 0. The van der Waals surface area contributed by atoms with Crippen LogP contribution in [0.2, 0.25) is 0 Å². The fourth-order valence-corrected chi connectivity index (χ4v) is 2.26. The highest BCUT2D eigenvalue weighted by molar-refractivity contribution is 7.89. The van der Waals surface area contributed by atoms with Gasteiger partial charge in [0.2, 0.25) is 10.0 Å². The highest BCUT2D eigenvalue weighted by Gasteiger charge is 2.16. The number of nitrogens with two attached hydrogens (primary N) is 2. The molecule has 4 N–H and O–H groups in total. The van der Waals surface area contributed by atoms with E-state index < -0.39 is 10.0 Å². The van der Waals surface area contributed by atoms with E-state index >= 15 is 0 Å². The summed E-state index contributed by atoms with van der Waals surface area (Å²) in [4.78, 5) is 1.78. The number of sulfonamides is 1. The number of primary sulfonamides is 1. The van der Waals surface area contributed by atoms with Crippen LogP contribution in [0.1, 0.15) is 6.92 Å². The molecule has 0 saturated carbocycles. The number of hydrogen-bond donors (Lipinski definition) is 2. The number of rotatable bonds is 6. The Balaban J connectivity index is 2.97. The van der Waals surface area contributed by atoms with Gasteiger partial charge in [0.15, 0.2) is 0 Å². The molecule has 0 aliphatic heterocycles. The zero-order valence-electron chi connectivity index (χ0n) is 10.6. The van der Waals surface area contributed by atoms with Gasteiger partial charge in [0.1, 0.15) is 4.90 Å². The van der Waals surface area contributed by atoms with Crippen LogP contribution in [0.15, 0.2) is 23.1 Å². The normalized spacial score (nSPS) is 11.5. The lowest BCUT2D eigenvalue weighted by molar-refractivity contribution is 0.154. The Hall–Kier alpha value is -1.31. The fraction of sp³-hybridized carbons (Fsp3) is 0.455. The van der Waals surface area contributed by atoms with Crippen LogP contribution in [0.25, 0.3) is 0 Å². The lowest BCUT2D eigenvalue weighted by Crippen LogP contribution is -2.24. The Morgan fingerprint density at radius 2 is 2.06 bits per heavy atom. The van der Waals surface area contributed by atoms with E-state index in [1.54, 1.807) is 12.1 Å². The first-order chi connectivity index (χ1) is 8.38. The molecule has 0 heterocycles. The van der Waals surface area contributed by atoms with Crippen LogP contribution in [-0.2, 0) is 14.8 Å². The second-order valence-corrected chi connectivity index (χ2v) is 5.38. The highest BCUT2D eigenvalue weighted by atomic mass is 32.2. The Kier molecular flexibility index (Phi) is 4.94. The van der Waals surface area contributed by atoms with Crippen molar-refractivity contribution in [1.29, 1.82) is 0 Å². The maximum Gasteiger partial charge on any atom is 0.240 e. The number of anilines is 2. The Labute approximate surface area is 108 Å². The minimum Gasteiger partial charge on any atom is -0.396 e. The van der Waals surface area contributed by atoms with Crippen molar-refractivity contribution in [3.63, 3.8) is 0 Å². The Morgan fingerprint density at radius 3 is 2.61 bits per heavy atom. The van der Waals surface area contributed by atoms with Crippen molar-refractivity contribution in [2.24, 2.45) is 5.14 Å². The second kappa shape index (κ2) is 6.03. The number of nitrogens with zero attached hydrogens (tertiary/aromatic N) is 1. The molecule has 0 radical (unpaired) electrons. The van der Waals surface area contributed by atoms with E-state index in [-0.39, 0.29) is 10.6 Å². The summed E-state index contributed by atoms with van der Waals surface area (Å²) in [7, 11) is -1.98. The quantitative estimate of drug-likeness (QED) is 0.577. The molecule has 7 heteroatoms. The van der Waals surface area contributed by atoms with Crippen molar-refractivity contribution in [2.75, 3.05) is 37.4 Å². The van der Waals surface area contributed by atoms with E-state index in [4.69, 9.17) is 15.6 Å². The van der Waals surface area contributed by atoms with E-state index in [1.807, 2.05) is 18.9 Å². The molecule has 1 aromatic rings. The van der Waals surface area contributed by atoms with E-state index in [9.17, 15) is 8.42 Å². The van der Waals surface area contributed by atoms with Gasteiger partial charge in [0.25, 0.3) is 0 Å². The topological polar surface area (TPSA) is 98.6 Å². The van der Waals surface area contributed by atoms with Crippen LogP contribution in [0, 0.1) is 0 Å². The smallest absolute Gasteiger partial charge is 0.240 e. The zero-order valence-corrected chi connectivity index (χ0v) is 11.4. The molecule has 0 atom stereocenters. The molecule has 0 fully saturated rings. The third kappa shape index (κ3) is 3.59. The molecule has 0 aromatic heterocycles. The van der Waals surface area contributed by atoms with E-state index in [0.29, 0.717) is 25.4 Å². The maximum absolute atomic E-state index is 11.3. The molecule has 0 amide bonds. The Bertz CT molecular complexity index is 502. The highest BCUT2D eigenvalue weighted by Crippen LogP contribution is 2.28. The molecule has 0 aliphatic rings. The number of likely N-dealkylation sites (N-methyl/N-ethyl adjacent to an activating group) is 1. The monoisotopic (exact) mass is 273 g/mol. The van der Waals surface area contributed by atoms with Gasteiger partial charge in [-0.3, -0.25) is 0 Å². The van der Waals surface area contributed by atoms with Gasteiger partial charge >= 0.3 is 0 Å². The fourth-order valence-electron chi connectivity index (χ4n) is 1.58. The molecule has 0 saturated heterocycles. The van der Waals surface area contributed by atoms with Crippen LogP contribution in [0.4, 0.5) is 11.4 Å². The number of benzene rings is 1. The van der Waals surface area contributed by atoms with E-state index in [2.05, 4.69) is 0 Å². The van der Waals surface area contributed by atoms with Crippen LogP contribution < -0.4 is 15.8 Å². The molecule has 6 nitrogen and oxygen atoms in total. The lowest BCUT2D eigenvalue weighted by atomic mass is 10.2. The summed E-state index contributed by atoms with van der Waals surface area (Å²) in [5.41, 5.74) is 6.62. The van der Waals surface area contributed by atoms with Gasteiger partial charge < -0.3 is 15.4 Å². The molecule has 0 unspecified atom stereocenters. The van der Waals surface area contributed by atoms with Crippen molar-refractivity contribution in [3.8, 4) is 0 Å². The first-order valence-corrected chi connectivity index (χ1v) is 7.12. The summed E-state index contributed by atoms with van der Waals surface area (Å²) in [5, 5.41) is 5.10. The Morgan fingerprint density at radius 1 is 1.39 bits per heavy atom. The van der Waals surface area contributed by atoms with Crippen molar-refractivity contribution >= 4 is 21.4 Å². The van der Waals surface area contributed by atoms with Gasteiger partial charge in [-0.2, -0.15) is 0 Å². The van der Waals surface area contributed by atoms with Gasteiger partial charge in [-0.1, -0.05) is 6.07 Å². The molecule has 18 heavy (non-hydrogen) atoms. The molecule has 1 aromatic carbocycles. The van der Waals surface area contributed by atoms with Gasteiger partial charge in [0, 0.05) is 20.2 Å². The third-order valence-electron chi connectivity index (χ3n) is 2.54. The molecule has 102 valence electrons. The SMILES string of the molecule is CCOCCN(C)c1cccc(S(N)(=O)=O)c1N. The van der Waals surface area contributed by atoms with Crippen molar-refractivity contribution < 1.29 is 13.2 Å². The molecule has 1 rings (SSSR count). The third-order valence-corrected chi connectivity index (χ3v) is 3.51. The first kappa shape index (κ1) is 14.7. The average Bonchev–Trinajstić information content (AvgIpc) is 2.28. The molecular weight excluding hydrogens is 254 g/mol.